The van der Waals surface area contributed by atoms with Gasteiger partial charge in [-0.25, -0.2) is 0 Å². The van der Waals surface area contributed by atoms with E-state index < -0.39 is 29.7 Å². The van der Waals surface area contributed by atoms with E-state index in [4.69, 9.17) is 0 Å². The number of aromatic carboxylic acids is 1. The molecule has 2 aliphatic rings. The van der Waals surface area contributed by atoms with Crippen LogP contribution in [0, 0.1) is 23.7 Å². The molecule has 6 nitrogen and oxygen atoms in total. The largest absolute Gasteiger partial charge is 0.550 e. The highest BCUT2D eigenvalue weighted by molar-refractivity contribution is 6.01. The average molecular weight is 299 g/mol. The summed E-state index contributed by atoms with van der Waals surface area (Å²) in [5.41, 5.74) is -0.0316. The van der Waals surface area contributed by atoms with Crippen molar-refractivity contribution in [2.24, 2.45) is 23.7 Å². The number of carbonyl (C=O) groups excluding carboxylic acids is 3. The summed E-state index contributed by atoms with van der Waals surface area (Å²) in [6, 6.07) is 5.87. The number of carboxylic acids is 2. The minimum atomic E-state index is -1.40. The van der Waals surface area contributed by atoms with Crippen LogP contribution in [-0.2, 0) is 9.59 Å². The highest BCUT2D eigenvalue weighted by Crippen LogP contribution is 2.48. The normalized spacial score (nSPS) is 28.5. The van der Waals surface area contributed by atoms with E-state index in [9.17, 15) is 24.6 Å². The minimum Gasteiger partial charge on any atom is -0.550 e. The third-order valence-electron chi connectivity index (χ3n) is 4.44. The lowest BCUT2D eigenvalue weighted by molar-refractivity contribution is -0.313. The number of allylic oxidation sites excluding steroid dienone is 2. The molecule has 0 saturated heterocycles. The van der Waals surface area contributed by atoms with Crippen molar-refractivity contribution in [2.75, 3.05) is 5.32 Å². The Morgan fingerprint density at radius 2 is 1.64 bits per heavy atom. The van der Waals surface area contributed by atoms with Gasteiger partial charge in [0, 0.05) is 23.1 Å². The predicted octanol–water partition coefficient (Wildman–Crippen LogP) is -0.823. The molecule has 0 aliphatic heterocycles. The molecule has 22 heavy (non-hydrogen) atoms. The zero-order valence-corrected chi connectivity index (χ0v) is 11.5. The average Bonchev–Trinajstić information content (AvgIpc) is 3.08. The Hall–Kier alpha value is -2.63. The van der Waals surface area contributed by atoms with E-state index in [2.05, 4.69) is 5.32 Å². The molecule has 0 radical (unpaired) electrons. The second kappa shape index (κ2) is 5.29. The van der Waals surface area contributed by atoms with Gasteiger partial charge in [-0.3, -0.25) is 4.79 Å². The van der Waals surface area contributed by atoms with E-state index in [0.29, 0.717) is 6.42 Å². The van der Waals surface area contributed by atoms with Crippen LogP contribution in [0.15, 0.2) is 36.4 Å². The summed E-state index contributed by atoms with van der Waals surface area (Å²) in [5, 5.41) is 24.9. The zero-order valence-electron chi connectivity index (χ0n) is 11.5. The van der Waals surface area contributed by atoms with Crippen LogP contribution in [0.1, 0.15) is 16.8 Å². The van der Waals surface area contributed by atoms with Crippen molar-refractivity contribution in [1.82, 2.24) is 0 Å². The van der Waals surface area contributed by atoms with Crippen LogP contribution in [0.5, 0.6) is 0 Å². The monoisotopic (exact) mass is 299 g/mol. The second-order valence-electron chi connectivity index (χ2n) is 5.64. The third kappa shape index (κ3) is 2.26. The van der Waals surface area contributed by atoms with E-state index in [1.54, 1.807) is 6.07 Å². The predicted molar refractivity (Wildman–Crippen MR) is 72.1 cm³/mol. The molecule has 4 atom stereocenters. The van der Waals surface area contributed by atoms with Gasteiger partial charge in [-0.1, -0.05) is 30.4 Å². The number of carbonyl (C=O) groups is 3. The molecule has 0 unspecified atom stereocenters. The standard InChI is InChI=1S/C16H15NO5/c18-14(17-11-4-2-1-3-10(11)15(19)20)12-8-5-6-9(7-8)13(12)16(21)22/h1-6,8-9,12-13H,7H2,(H,17,18)(H,19,20)(H,21,22)/p-2/t8-,9+,12-,13+/m1/s1. The maximum absolute atomic E-state index is 12.4. The van der Waals surface area contributed by atoms with Gasteiger partial charge in [-0.05, 0) is 24.3 Å². The Bertz CT molecular complexity index is 681. The Balaban J connectivity index is 1.85. The molecule has 0 spiro atoms. The van der Waals surface area contributed by atoms with Crippen molar-refractivity contribution in [2.45, 2.75) is 6.42 Å². The summed E-state index contributed by atoms with van der Waals surface area (Å²) in [6.45, 7) is 0. The fourth-order valence-electron chi connectivity index (χ4n) is 3.49. The molecule has 1 N–H and O–H groups in total. The van der Waals surface area contributed by atoms with Gasteiger partial charge < -0.3 is 25.1 Å². The van der Waals surface area contributed by atoms with E-state index in [1.807, 2.05) is 12.2 Å². The molecule has 0 aromatic heterocycles. The molecule has 1 aromatic rings. The molecule has 2 aliphatic carbocycles. The van der Waals surface area contributed by atoms with E-state index in [-0.39, 0.29) is 23.1 Å². The maximum atomic E-state index is 12.4. The van der Waals surface area contributed by atoms with Gasteiger partial charge in [0.1, 0.15) is 0 Å². The summed E-state index contributed by atoms with van der Waals surface area (Å²) in [4.78, 5) is 34.8. The van der Waals surface area contributed by atoms with Crippen LogP contribution in [0.4, 0.5) is 5.69 Å². The van der Waals surface area contributed by atoms with E-state index >= 15 is 0 Å². The number of aliphatic carboxylic acids is 1. The third-order valence-corrected chi connectivity index (χ3v) is 4.44. The van der Waals surface area contributed by atoms with Crippen molar-refractivity contribution in [1.29, 1.82) is 0 Å². The molecule has 1 aromatic carbocycles. The van der Waals surface area contributed by atoms with Gasteiger partial charge in [0.25, 0.3) is 0 Å². The Morgan fingerprint density at radius 1 is 1.00 bits per heavy atom. The van der Waals surface area contributed by atoms with E-state index in [0.717, 1.165) is 0 Å². The molecular formula is C16H13NO5-2. The van der Waals surface area contributed by atoms with Crippen LogP contribution in [0.3, 0.4) is 0 Å². The van der Waals surface area contributed by atoms with Gasteiger partial charge >= 0.3 is 0 Å². The first-order valence-electron chi connectivity index (χ1n) is 6.99. The van der Waals surface area contributed by atoms with Gasteiger partial charge in [0.15, 0.2) is 0 Å². The topological polar surface area (TPSA) is 109 Å². The Kier molecular flexibility index (Phi) is 3.44. The summed E-state index contributed by atoms with van der Waals surface area (Å²) in [7, 11) is 0. The molecule has 3 rings (SSSR count). The molecule has 0 heterocycles. The highest BCUT2D eigenvalue weighted by atomic mass is 16.4. The van der Waals surface area contributed by atoms with Gasteiger partial charge in [0.2, 0.25) is 5.91 Å². The lowest BCUT2D eigenvalue weighted by Crippen LogP contribution is -2.43. The van der Waals surface area contributed by atoms with Crippen molar-refractivity contribution in [3.05, 3.63) is 42.0 Å². The van der Waals surface area contributed by atoms with Gasteiger partial charge in [-0.2, -0.15) is 0 Å². The van der Waals surface area contributed by atoms with Crippen molar-refractivity contribution < 1.29 is 24.6 Å². The smallest absolute Gasteiger partial charge is 0.228 e. The zero-order chi connectivity index (χ0) is 15.9. The summed E-state index contributed by atoms with van der Waals surface area (Å²) >= 11 is 0. The lowest BCUT2D eigenvalue weighted by Gasteiger charge is -2.28. The Labute approximate surface area is 126 Å². The van der Waals surface area contributed by atoms with Crippen molar-refractivity contribution in [3.8, 4) is 0 Å². The summed E-state index contributed by atoms with van der Waals surface area (Å²) < 4.78 is 0. The maximum Gasteiger partial charge on any atom is 0.228 e. The van der Waals surface area contributed by atoms with Crippen LogP contribution in [0.25, 0.3) is 0 Å². The second-order valence-corrected chi connectivity index (χ2v) is 5.64. The van der Waals surface area contributed by atoms with Crippen LogP contribution in [0.2, 0.25) is 0 Å². The number of benzene rings is 1. The molecular weight excluding hydrogens is 286 g/mol. The summed E-state index contributed by atoms with van der Waals surface area (Å²) in [6.07, 6.45) is 4.27. The number of hydrogen-bond donors (Lipinski definition) is 1. The minimum absolute atomic E-state index is 0.108. The number of para-hydroxylation sites is 1. The lowest BCUT2D eigenvalue weighted by atomic mass is 9.82. The number of anilines is 1. The molecule has 114 valence electrons. The van der Waals surface area contributed by atoms with Crippen molar-refractivity contribution in [3.63, 3.8) is 0 Å². The molecule has 2 bridgehead atoms. The number of rotatable bonds is 4. The number of hydrogen-bond acceptors (Lipinski definition) is 5. The molecule has 1 saturated carbocycles. The number of nitrogens with one attached hydrogen (secondary N) is 1. The Morgan fingerprint density at radius 3 is 2.27 bits per heavy atom. The molecule has 1 amide bonds. The van der Waals surface area contributed by atoms with Gasteiger partial charge in [-0.15, -0.1) is 0 Å². The van der Waals surface area contributed by atoms with E-state index in [1.165, 1.54) is 18.2 Å². The number of carboxylic acid groups (broad SMARTS) is 2. The first-order chi connectivity index (χ1) is 10.5. The van der Waals surface area contributed by atoms with Gasteiger partial charge in [0.05, 0.1) is 11.9 Å². The quantitative estimate of drug-likeness (QED) is 0.730. The SMILES string of the molecule is O=C([O-])c1ccccc1NC(=O)[C@H]1[C@@H](C(=O)[O-])[C@H]2C=C[C@@H]1C2. The fraction of sp³-hybridized carbons (Fsp3) is 0.312. The van der Waals surface area contributed by atoms with Crippen LogP contribution in [-0.4, -0.2) is 17.8 Å². The fourth-order valence-corrected chi connectivity index (χ4v) is 3.49. The first-order valence-corrected chi connectivity index (χ1v) is 6.99. The van der Waals surface area contributed by atoms with Crippen LogP contribution >= 0.6 is 0 Å². The first kappa shape index (κ1) is 14.3. The highest BCUT2D eigenvalue weighted by Gasteiger charge is 2.48. The number of amides is 1. The van der Waals surface area contributed by atoms with Crippen LogP contribution < -0.4 is 15.5 Å². The summed E-state index contributed by atoms with van der Waals surface area (Å²) in [5.74, 6) is -5.10. The van der Waals surface area contributed by atoms with Crippen molar-refractivity contribution >= 4 is 23.5 Å². The molecule has 1 fully saturated rings. The number of fused-ring (bicyclic) bond motifs is 2. The molecule has 6 heteroatoms.